The van der Waals surface area contributed by atoms with Crippen molar-refractivity contribution in [1.29, 1.82) is 0 Å². The third kappa shape index (κ3) is 5.17. The third-order valence-electron chi connectivity index (χ3n) is 13.8. The van der Waals surface area contributed by atoms with Gasteiger partial charge in [-0.25, -0.2) is 0 Å². The van der Waals surface area contributed by atoms with E-state index in [1.165, 1.54) is 96.3 Å². The first-order valence-electron chi connectivity index (χ1n) is 17.9. The molecule has 0 radical (unpaired) electrons. The molecule has 5 saturated heterocycles. The molecule has 17 atom stereocenters. The summed E-state index contributed by atoms with van der Waals surface area (Å²) in [7, 11) is 0. The minimum Gasteiger partial charge on any atom is -0.286 e. The van der Waals surface area contributed by atoms with Crippen LogP contribution in [0.25, 0.3) is 0 Å². The summed E-state index contributed by atoms with van der Waals surface area (Å²) in [5.41, 5.74) is 0. The Morgan fingerprint density at radius 3 is 0.905 bits per heavy atom. The molecule has 0 amide bonds. The Bertz CT molecular complexity index is 959. The Balaban J connectivity index is 0.00000267. The summed E-state index contributed by atoms with van der Waals surface area (Å²) in [5, 5.41) is 33.8. The Morgan fingerprint density at radius 1 is 0.310 bits per heavy atom. The Labute approximate surface area is 274 Å². The van der Waals surface area contributed by atoms with Crippen LogP contribution in [0, 0.1) is 47.3 Å². The zero-order valence-electron chi connectivity index (χ0n) is 25.5. The SMILES string of the molecule is BrC1CCCC2C3NC4NC(NC5NC(NC6NC(NC(N3)C12)C1CCCCC61)C1CCCCC51)C1CCCCC41.[Zn]. The molecule has 5 aliphatic heterocycles. The van der Waals surface area contributed by atoms with E-state index in [0.29, 0.717) is 66.0 Å². The van der Waals surface area contributed by atoms with Crippen LogP contribution in [0.5, 0.6) is 0 Å². The molecule has 10 heteroatoms. The number of alkyl halides is 1. The molecule has 0 aromatic carbocycles. The van der Waals surface area contributed by atoms with Crippen molar-refractivity contribution in [2.45, 2.75) is 150 Å². The average Bonchev–Trinajstić information content (AvgIpc) is 3.73. The molecule has 0 spiro atoms. The summed E-state index contributed by atoms with van der Waals surface area (Å²) in [6.45, 7) is 0. The summed E-state index contributed by atoms with van der Waals surface area (Å²) in [4.78, 5) is 0.592. The second-order valence-corrected chi connectivity index (χ2v) is 16.9. The molecule has 4 aliphatic carbocycles. The number of fused-ring (bicyclic) bond motifs is 20. The van der Waals surface area contributed by atoms with Gasteiger partial charge < -0.3 is 0 Å². The third-order valence-corrected chi connectivity index (χ3v) is 14.9. The molecule has 8 N–H and O–H groups in total. The molecule has 9 rings (SSSR count). The largest absolute Gasteiger partial charge is 0.286 e. The number of nitrogens with one attached hydrogen (secondary N) is 8. The fourth-order valence-electron chi connectivity index (χ4n) is 12.0. The summed E-state index contributed by atoms with van der Waals surface area (Å²) < 4.78 is 0. The van der Waals surface area contributed by atoms with Gasteiger partial charge >= 0.3 is 0 Å². The molecular weight excluding hydrogens is 642 g/mol. The van der Waals surface area contributed by atoms with Crippen LogP contribution in [0.2, 0.25) is 0 Å². The van der Waals surface area contributed by atoms with Crippen molar-refractivity contribution in [3.05, 3.63) is 0 Å². The first-order chi connectivity index (χ1) is 20.2. The molecule has 0 aromatic heterocycles. The molecule has 4 saturated carbocycles. The Hall–Kier alpha value is 0.783. The van der Waals surface area contributed by atoms with Crippen LogP contribution in [-0.2, 0) is 19.5 Å². The maximum absolute atomic E-state index is 4.26. The fraction of sp³-hybridized carbons (Fsp3) is 1.00. The summed E-state index contributed by atoms with van der Waals surface area (Å²) in [5.74, 6) is 5.69. The van der Waals surface area contributed by atoms with E-state index in [1.807, 2.05) is 0 Å². The van der Waals surface area contributed by atoms with Gasteiger partial charge in [-0.05, 0) is 92.8 Å². The zero-order valence-corrected chi connectivity index (χ0v) is 30.1. The molecular formula is C32H55BrN8Zn. The van der Waals surface area contributed by atoms with Crippen LogP contribution in [0.4, 0.5) is 0 Å². The van der Waals surface area contributed by atoms with Crippen molar-refractivity contribution in [3.8, 4) is 0 Å². The van der Waals surface area contributed by atoms with E-state index in [9.17, 15) is 0 Å². The quantitative estimate of drug-likeness (QED) is 0.145. The molecule has 0 aromatic rings. The van der Waals surface area contributed by atoms with Crippen LogP contribution in [0.15, 0.2) is 0 Å². The molecule has 8 bridgehead atoms. The van der Waals surface area contributed by atoms with Crippen LogP contribution in [0.1, 0.15) is 96.3 Å². The van der Waals surface area contributed by atoms with E-state index in [1.54, 1.807) is 0 Å². The van der Waals surface area contributed by atoms with Crippen LogP contribution < -0.4 is 42.5 Å². The number of halogens is 1. The van der Waals surface area contributed by atoms with E-state index in [2.05, 4.69) is 58.5 Å². The van der Waals surface area contributed by atoms with E-state index in [4.69, 9.17) is 0 Å². The molecule has 9 aliphatic rings. The van der Waals surface area contributed by atoms with Gasteiger partial charge in [0.25, 0.3) is 0 Å². The first-order valence-corrected chi connectivity index (χ1v) is 18.9. The molecule has 232 valence electrons. The summed E-state index contributed by atoms with van der Waals surface area (Å²) in [6.07, 6.45) is 23.7. The van der Waals surface area contributed by atoms with Gasteiger partial charge in [0.05, 0.1) is 49.3 Å². The van der Waals surface area contributed by atoms with Crippen molar-refractivity contribution in [2.75, 3.05) is 0 Å². The van der Waals surface area contributed by atoms with Crippen LogP contribution in [-0.4, -0.2) is 54.2 Å². The van der Waals surface area contributed by atoms with E-state index < -0.39 is 0 Å². The number of hydrogen-bond acceptors (Lipinski definition) is 8. The zero-order chi connectivity index (χ0) is 27.1. The van der Waals surface area contributed by atoms with E-state index in [-0.39, 0.29) is 19.5 Å². The van der Waals surface area contributed by atoms with Crippen molar-refractivity contribution in [1.82, 2.24) is 42.5 Å². The molecule has 5 heterocycles. The van der Waals surface area contributed by atoms with Gasteiger partial charge in [0.1, 0.15) is 0 Å². The van der Waals surface area contributed by atoms with Crippen LogP contribution >= 0.6 is 15.9 Å². The predicted molar refractivity (Wildman–Crippen MR) is 165 cm³/mol. The second kappa shape index (κ2) is 12.4. The van der Waals surface area contributed by atoms with E-state index in [0.717, 1.165) is 35.5 Å². The standard InChI is InChI=1S/C32H55BrN8.Zn/c33-23-15-7-14-22-24(23)32-40-30-21-13-6-5-12-20(21)28(38-30)36-26-17-9-2-1-8-16(17)25(34-26)35-27-18-10-3-4-11-19(18)29(37-27)39-31(22)41-32;/h16-32,34-41H,1-15H2;. The van der Waals surface area contributed by atoms with E-state index >= 15 is 0 Å². The normalized spacial score (nSPS) is 56.9. The maximum Gasteiger partial charge on any atom is 0.0639 e. The fourth-order valence-corrected chi connectivity index (χ4v) is 13.0. The molecule has 9 fully saturated rings. The predicted octanol–water partition coefficient (Wildman–Crippen LogP) is 2.98. The summed E-state index contributed by atoms with van der Waals surface area (Å²) >= 11 is 4.20. The Morgan fingerprint density at radius 2 is 0.571 bits per heavy atom. The molecule has 17 unspecified atom stereocenters. The Kier molecular flexibility index (Phi) is 8.92. The molecule has 8 nitrogen and oxygen atoms in total. The van der Waals surface area contributed by atoms with Crippen molar-refractivity contribution < 1.29 is 19.5 Å². The topological polar surface area (TPSA) is 96.2 Å². The van der Waals surface area contributed by atoms with Crippen molar-refractivity contribution >= 4 is 15.9 Å². The van der Waals surface area contributed by atoms with Gasteiger partial charge in [-0.3, -0.25) is 42.5 Å². The minimum absolute atomic E-state index is 0. The number of hydrogen-bond donors (Lipinski definition) is 8. The minimum atomic E-state index is 0. The smallest absolute Gasteiger partial charge is 0.0639 e. The summed E-state index contributed by atoms with van der Waals surface area (Å²) in [6, 6.07) is 0. The van der Waals surface area contributed by atoms with Gasteiger partial charge in [0.2, 0.25) is 0 Å². The maximum atomic E-state index is 4.26. The monoisotopic (exact) mass is 694 g/mol. The first kappa shape index (κ1) is 30.1. The second-order valence-electron chi connectivity index (χ2n) is 15.7. The average molecular weight is 697 g/mol. The van der Waals surface area contributed by atoms with Crippen molar-refractivity contribution in [2.24, 2.45) is 47.3 Å². The van der Waals surface area contributed by atoms with Gasteiger partial charge in [-0.1, -0.05) is 60.9 Å². The number of rotatable bonds is 0. The van der Waals surface area contributed by atoms with Gasteiger partial charge in [0, 0.05) is 30.2 Å². The van der Waals surface area contributed by atoms with Gasteiger partial charge in [-0.2, -0.15) is 0 Å². The van der Waals surface area contributed by atoms with Crippen LogP contribution in [0.3, 0.4) is 0 Å². The molecule has 42 heavy (non-hydrogen) atoms. The van der Waals surface area contributed by atoms with Crippen molar-refractivity contribution in [3.63, 3.8) is 0 Å². The van der Waals surface area contributed by atoms with Gasteiger partial charge in [0.15, 0.2) is 0 Å². The van der Waals surface area contributed by atoms with Gasteiger partial charge in [-0.15, -0.1) is 0 Å².